The van der Waals surface area contributed by atoms with Gasteiger partial charge in [-0.05, 0) is 67.8 Å². The zero-order valence-corrected chi connectivity index (χ0v) is 12.8. The van der Waals surface area contributed by atoms with E-state index in [0.29, 0.717) is 5.92 Å². The van der Waals surface area contributed by atoms with Gasteiger partial charge in [-0.15, -0.1) is 0 Å². The summed E-state index contributed by atoms with van der Waals surface area (Å²) in [6, 6.07) is 4.48. The molecule has 106 valence electrons. The molecule has 0 aromatic heterocycles. The molecule has 0 bridgehead atoms. The summed E-state index contributed by atoms with van der Waals surface area (Å²) in [4.78, 5) is 0. The van der Waals surface area contributed by atoms with Gasteiger partial charge in [-0.3, -0.25) is 0 Å². The van der Waals surface area contributed by atoms with Crippen LogP contribution in [0, 0.1) is 12.8 Å². The van der Waals surface area contributed by atoms with Crippen LogP contribution in [-0.4, -0.2) is 20.2 Å². The maximum atomic E-state index is 5.74. The lowest BCUT2D eigenvalue weighted by molar-refractivity contribution is 0.361. The summed E-state index contributed by atoms with van der Waals surface area (Å²) in [6.45, 7) is 9.00. The van der Waals surface area contributed by atoms with Gasteiger partial charge in [0.25, 0.3) is 0 Å². The van der Waals surface area contributed by atoms with Gasteiger partial charge in [-0.25, -0.2) is 0 Å². The quantitative estimate of drug-likeness (QED) is 0.893. The zero-order chi connectivity index (χ0) is 13.8. The van der Waals surface area contributed by atoms with Gasteiger partial charge in [0.05, 0.1) is 7.11 Å². The predicted molar refractivity (Wildman–Crippen MR) is 81.1 cm³/mol. The Morgan fingerprint density at radius 2 is 2.16 bits per heavy atom. The molecule has 1 aromatic rings. The smallest absolute Gasteiger partial charge is 0.125 e. The highest BCUT2D eigenvalue weighted by Crippen LogP contribution is 2.34. The molecule has 2 nitrogen and oxygen atoms in total. The number of ether oxygens (including phenoxy) is 1. The molecule has 1 N–H and O–H groups in total. The van der Waals surface area contributed by atoms with Crippen LogP contribution < -0.4 is 10.1 Å². The molecule has 1 aliphatic heterocycles. The number of rotatable bonds is 4. The Morgan fingerprint density at radius 1 is 1.37 bits per heavy atom. The van der Waals surface area contributed by atoms with E-state index in [4.69, 9.17) is 4.74 Å². The summed E-state index contributed by atoms with van der Waals surface area (Å²) in [7, 11) is 1.81. The van der Waals surface area contributed by atoms with Crippen molar-refractivity contribution in [1.29, 1.82) is 0 Å². The van der Waals surface area contributed by atoms with Gasteiger partial charge in [-0.2, -0.15) is 0 Å². The Bertz CT molecular complexity index is 420. The minimum Gasteiger partial charge on any atom is -0.496 e. The molecule has 2 rings (SSSR count). The fraction of sp³-hybridized carbons (Fsp3) is 0.647. The SMILES string of the molecule is COc1c(C(C)C)ccc(C)c1CC1CCCNC1. The van der Waals surface area contributed by atoms with E-state index in [9.17, 15) is 0 Å². The van der Waals surface area contributed by atoms with E-state index in [1.165, 1.54) is 36.1 Å². The molecule has 19 heavy (non-hydrogen) atoms. The summed E-state index contributed by atoms with van der Waals surface area (Å²) in [6.07, 6.45) is 3.78. The van der Waals surface area contributed by atoms with Crippen molar-refractivity contribution >= 4 is 0 Å². The molecule has 0 saturated carbocycles. The van der Waals surface area contributed by atoms with Crippen molar-refractivity contribution in [1.82, 2.24) is 5.32 Å². The summed E-state index contributed by atoms with van der Waals surface area (Å²) in [5, 5.41) is 3.51. The van der Waals surface area contributed by atoms with Gasteiger partial charge in [0, 0.05) is 0 Å². The third-order valence-electron chi connectivity index (χ3n) is 4.24. The molecule has 2 heteroatoms. The first-order chi connectivity index (χ1) is 9.13. The molecule has 0 radical (unpaired) electrons. The lowest BCUT2D eigenvalue weighted by Gasteiger charge is -2.25. The number of nitrogens with one attached hydrogen (secondary N) is 1. The number of methoxy groups -OCH3 is 1. The molecule has 0 amide bonds. The van der Waals surface area contributed by atoms with Crippen molar-refractivity contribution in [2.75, 3.05) is 20.2 Å². The van der Waals surface area contributed by atoms with Gasteiger partial charge in [0.1, 0.15) is 5.75 Å². The molecular formula is C17H27NO. The van der Waals surface area contributed by atoms with Crippen LogP contribution in [0.25, 0.3) is 0 Å². The van der Waals surface area contributed by atoms with Crippen LogP contribution in [0.3, 0.4) is 0 Å². The number of hydrogen-bond donors (Lipinski definition) is 1. The summed E-state index contributed by atoms with van der Waals surface area (Å²) in [5.74, 6) is 2.39. The topological polar surface area (TPSA) is 21.3 Å². The monoisotopic (exact) mass is 261 g/mol. The first-order valence-corrected chi connectivity index (χ1v) is 7.50. The minimum atomic E-state index is 0.513. The zero-order valence-electron chi connectivity index (χ0n) is 12.8. The fourth-order valence-electron chi connectivity index (χ4n) is 3.08. The normalized spacial score (nSPS) is 19.7. The third kappa shape index (κ3) is 3.30. The van der Waals surface area contributed by atoms with E-state index in [2.05, 4.69) is 38.2 Å². The number of aryl methyl sites for hydroxylation is 1. The van der Waals surface area contributed by atoms with Crippen molar-refractivity contribution in [2.45, 2.75) is 46.0 Å². The van der Waals surface area contributed by atoms with E-state index < -0.39 is 0 Å². The predicted octanol–water partition coefficient (Wildman–Crippen LogP) is 3.67. The van der Waals surface area contributed by atoms with Crippen LogP contribution in [-0.2, 0) is 6.42 Å². The van der Waals surface area contributed by atoms with E-state index in [1.54, 1.807) is 0 Å². The summed E-state index contributed by atoms with van der Waals surface area (Å²) < 4.78 is 5.74. The number of piperidine rings is 1. The van der Waals surface area contributed by atoms with E-state index in [0.717, 1.165) is 24.6 Å². The van der Waals surface area contributed by atoms with E-state index in [-0.39, 0.29) is 0 Å². The van der Waals surface area contributed by atoms with Crippen LogP contribution in [0.2, 0.25) is 0 Å². The van der Waals surface area contributed by atoms with Gasteiger partial charge < -0.3 is 10.1 Å². The van der Waals surface area contributed by atoms with Gasteiger partial charge in [0.2, 0.25) is 0 Å². The highest BCUT2D eigenvalue weighted by atomic mass is 16.5. The van der Waals surface area contributed by atoms with Crippen molar-refractivity contribution in [3.63, 3.8) is 0 Å². The van der Waals surface area contributed by atoms with Crippen molar-refractivity contribution in [3.8, 4) is 5.75 Å². The molecule has 1 saturated heterocycles. The Labute approximate surface area is 117 Å². The van der Waals surface area contributed by atoms with Crippen molar-refractivity contribution < 1.29 is 4.74 Å². The third-order valence-corrected chi connectivity index (χ3v) is 4.24. The average Bonchev–Trinajstić information content (AvgIpc) is 2.41. The first-order valence-electron chi connectivity index (χ1n) is 7.50. The molecular weight excluding hydrogens is 234 g/mol. The summed E-state index contributed by atoms with van der Waals surface area (Å²) in [5.41, 5.74) is 4.13. The molecule has 1 fully saturated rings. The lowest BCUT2D eigenvalue weighted by atomic mass is 9.87. The lowest BCUT2D eigenvalue weighted by Crippen LogP contribution is -2.31. The van der Waals surface area contributed by atoms with Gasteiger partial charge >= 0.3 is 0 Å². The number of benzene rings is 1. The molecule has 1 aromatic carbocycles. The van der Waals surface area contributed by atoms with Crippen LogP contribution in [0.1, 0.15) is 49.3 Å². The van der Waals surface area contributed by atoms with Crippen molar-refractivity contribution in [3.05, 3.63) is 28.8 Å². The molecule has 1 heterocycles. The van der Waals surface area contributed by atoms with E-state index >= 15 is 0 Å². The van der Waals surface area contributed by atoms with Gasteiger partial charge in [-0.1, -0.05) is 26.0 Å². The molecule has 1 atom stereocenters. The number of hydrogen-bond acceptors (Lipinski definition) is 2. The van der Waals surface area contributed by atoms with Crippen LogP contribution >= 0.6 is 0 Å². The van der Waals surface area contributed by atoms with Crippen molar-refractivity contribution in [2.24, 2.45) is 5.92 Å². The molecule has 1 aliphatic rings. The van der Waals surface area contributed by atoms with E-state index in [1.807, 2.05) is 7.11 Å². The average molecular weight is 261 g/mol. The minimum absolute atomic E-state index is 0.513. The fourth-order valence-corrected chi connectivity index (χ4v) is 3.08. The van der Waals surface area contributed by atoms with Crippen LogP contribution in [0.5, 0.6) is 5.75 Å². The molecule has 1 unspecified atom stereocenters. The second-order valence-electron chi connectivity index (χ2n) is 6.05. The second kappa shape index (κ2) is 6.42. The maximum absolute atomic E-state index is 5.74. The Kier molecular flexibility index (Phi) is 4.87. The Morgan fingerprint density at radius 3 is 2.74 bits per heavy atom. The maximum Gasteiger partial charge on any atom is 0.125 e. The second-order valence-corrected chi connectivity index (χ2v) is 6.05. The Balaban J connectivity index is 2.28. The molecule has 0 aliphatic carbocycles. The highest BCUT2D eigenvalue weighted by molar-refractivity contribution is 5.47. The molecule has 0 spiro atoms. The van der Waals surface area contributed by atoms with Gasteiger partial charge in [0.15, 0.2) is 0 Å². The van der Waals surface area contributed by atoms with Crippen LogP contribution in [0.4, 0.5) is 0 Å². The van der Waals surface area contributed by atoms with Crippen LogP contribution in [0.15, 0.2) is 12.1 Å². The first kappa shape index (κ1) is 14.4. The summed E-state index contributed by atoms with van der Waals surface area (Å²) >= 11 is 0. The largest absolute Gasteiger partial charge is 0.496 e. The highest BCUT2D eigenvalue weighted by Gasteiger charge is 2.19. The standard InChI is InChI=1S/C17H27NO/c1-12(2)15-8-7-13(3)16(17(15)19-4)10-14-6-5-9-18-11-14/h7-8,12,14,18H,5-6,9-11H2,1-4H3. The Hall–Kier alpha value is -1.02.